The third-order valence-electron chi connectivity index (χ3n) is 3.37. The minimum absolute atomic E-state index is 0.227. The Morgan fingerprint density at radius 2 is 1.78 bits per heavy atom. The second-order valence-corrected chi connectivity index (χ2v) is 6.04. The number of benzene rings is 1. The van der Waals surface area contributed by atoms with Crippen LogP contribution in [0.5, 0.6) is 5.75 Å². The zero-order valence-electron chi connectivity index (χ0n) is 12.2. The summed E-state index contributed by atoms with van der Waals surface area (Å²) in [5, 5.41) is 0. The molecule has 0 atom stereocenters. The zero-order chi connectivity index (χ0) is 13.6. The van der Waals surface area contributed by atoms with Crippen molar-refractivity contribution in [3.8, 4) is 5.75 Å². The molecule has 0 heterocycles. The van der Waals surface area contributed by atoms with E-state index in [1.165, 1.54) is 5.56 Å². The number of rotatable bonds is 7. The van der Waals surface area contributed by atoms with Gasteiger partial charge in [-0.05, 0) is 48.4 Å². The molecule has 0 aliphatic rings. The molecule has 1 aromatic rings. The molecular formula is C16H27NO. The van der Waals surface area contributed by atoms with E-state index in [1.54, 1.807) is 0 Å². The molecule has 1 aromatic carbocycles. The molecule has 0 saturated carbocycles. The standard InChI is InChI=1S/C16H27NO/c1-13(2)14-6-8-15(9-7-14)18-11-5-10-16(3,4)12-17/h6-9,13H,5,10-12,17H2,1-4H3. The maximum absolute atomic E-state index is 5.74. The fraction of sp³-hybridized carbons (Fsp3) is 0.625. The molecule has 0 aliphatic carbocycles. The van der Waals surface area contributed by atoms with E-state index in [-0.39, 0.29) is 5.41 Å². The summed E-state index contributed by atoms with van der Waals surface area (Å²) in [4.78, 5) is 0. The highest BCUT2D eigenvalue weighted by atomic mass is 16.5. The number of nitrogens with two attached hydrogens (primary N) is 1. The summed E-state index contributed by atoms with van der Waals surface area (Å²) in [5.41, 5.74) is 7.28. The van der Waals surface area contributed by atoms with E-state index in [2.05, 4.69) is 52.0 Å². The molecule has 2 nitrogen and oxygen atoms in total. The van der Waals surface area contributed by atoms with Crippen LogP contribution in [-0.4, -0.2) is 13.2 Å². The first-order valence-electron chi connectivity index (χ1n) is 6.87. The second-order valence-electron chi connectivity index (χ2n) is 6.04. The summed E-state index contributed by atoms with van der Waals surface area (Å²) in [7, 11) is 0. The summed E-state index contributed by atoms with van der Waals surface area (Å²) < 4.78 is 5.74. The molecule has 2 heteroatoms. The third-order valence-corrected chi connectivity index (χ3v) is 3.37. The van der Waals surface area contributed by atoms with Crippen molar-refractivity contribution < 1.29 is 4.74 Å². The van der Waals surface area contributed by atoms with Crippen molar-refractivity contribution in [1.82, 2.24) is 0 Å². The van der Waals surface area contributed by atoms with Gasteiger partial charge in [-0.2, -0.15) is 0 Å². The minimum atomic E-state index is 0.227. The van der Waals surface area contributed by atoms with Crippen molar-refractivity contribution in [2.45, 2.75) is 46.5 Å². The van der Waals surface area contributed by atoms with Crippen LogP contribution in [0.2, 0.25) is 0 Å². The number of ether oxygens (including phenoxy) is 1. The Balaban J connectivity index is 2.32. The Labute approximate surface area is 112 Å². The van der Waals surface area contributed by atoms with Crippen LogP contribution in [0, 0.1) is 5.41 Å². The highest BCUT2D eigenvalue weighted by molar-refractivity contribution is 5.28. The summed E-state index contributed by atoms with van der Waals surface area (Å²) in [6, 6.07) is 8.40. The van der Waals surface area contributed by atoms with E-state index < -0.39 is 0 Å². The highest BCUT2D eigenvalue weighted by Gasteiger charge is 2.14. The van der Waals surface area contributed by atoms with Crippen LogP contribution in [0.1, 0.15) is 52.0 Å². The van der Waals surface area contributed by atoms with Crippen LogP contribution < -0.4 is 10.5 Å². The van der Waals surface area contributed by atoms with Gasteiger partial charge >= 0.3 is 0 Å². The van der Waals surface area contributed by atoms with Gasteiger partial charge in [0, 0.05) is 0 Å². The van der Waals surface area contributed by atoms with Crippen LogP contribution in [0.3, 0.4) is 0 Å². The molecule has 1 rings (SSSR count). The average Bonchev–Trinajstić information content (AvgIpc) is 2.35. The normalized spacial score (nSPS) is 11.9. The van der Waals surface area contributed by atoms with E-state index >= 15 is 0 Å². The molecule has 0 aromatic heterocycles. The topological polar surface area (TPSA) is 35.2 Å². The maximum atomic E-state index is 5.74. The first-order chi connectivity index (χ1) is 8.44. The fourth-order valence-corrected chi connectivity index (χ4v) is 1.79. The van der Waals surface area contributed by atoms with Crippen molar-refractivity contribution in [3.05, 3.63) is 29.8 Å². The van der Waals surface area contributed by atoms with Crippen LogP contribution in [0.4, 0.5) is 0 Å². The maximum Gasteiger partial charge on any atom is 0.119 e. The monoisotopic (exact) mass is 249 g/mol. The first-order valence-corrected chi connectivity index (χ1v) is 6.87. The van der Waals surface area contributed by atoms with E-state index in [4.69, 9.17) is 10.5 Å². The lowest BCUT2D eigenvalue weighted by Crippen LogP contribution is -2.23. The Kier molecular flexibility index (Phi) is 5.67. The predicted molar refractivity (Wildman–Crippen MR) is 78.1 cm³/mol. The molecule has 0 amide bonds. The largest absolute Gasteiger partial charge is 0.494 e. The Hall–Kier alpha value is -1.02. The lowest BCUT2D eigenvalue weighted by molar-refractivity contribution is 0.261. The van der Waals surface area contributed by atoms with Gasteiger partial charge in [-0.1, -0.05) is 39.8 Å². The number of hydrogen-bond acceptors (Lipinski definition) is 2. The SMILES string of the molecule is CC(C)c1ccc(OCCCC(C)(C)CN)cc1. The van der Waals surface area contributed by atoms with Gasteiger partial charge in [-0.25, -0.2) is 0 Å². The van der Waals surface area contributed by atoms with Gasteiger partial charge < -0.3 is 10.5 Å². The van der Waals surface area contributed by atoms with Gasteiger partial charge in [0.25, 0.3) is 0 Å². The van der Waals surface area contributed by atoms with Crippen molar-refractivity contribution in [1.29, 1.82) is 0 Å². The second kappa shape index (κ2) is 6.79. The highest BCUT2D eigenvalue weighted by Crippen LogP contribution is 2.21. The minimum Gasteiger partial charge on any atom is -0.494 e. The molecule has 0 aliphatic heterocycles. The molecule has 18 heavy (non-hydrogen) atoms. The Morgan fingerprint density at radius 1 is 1.17 bits per heavy atom. The first kappa shape index (κ1) is 15.0. The van der Waals surface area contributed by atoms with Crippen LogP contribution in [0.15, 0.2) is 24.3 Å². The van der Waals surface area contributed by atoms with Gasteiger partial charge in [0.2, 0.25) is 0 Å². The third kappa shape index (κ3) is 5.09. The summed E-state index contributed by atoms with van der Waals surface area (Å²) in [6.45, 7) is 10.3. The van der Waals surface area contributed by atoms with Gasteiger partial charge in [0.15, 0.2) is 0 Å². The number of hydrogen-bond donors (Lipinski definition) is 1. The summed E-state index contributed by atoms with van der Waals surface area (Å²) in [5.74, 6) is 1.54. The molecule has 0 unspecified atom stereocenters. The van der Waals surface area contributed by atoms with Crippen LogP contribution in [0.25, 0.3) is 0 Å². The van der Waals surface area contributed by atoms with Gasteiger partial charge in [0.1, 0.15) is 5.75 Å². The van der Waals surface area contributed by atoms with Gasteiger partial charge in [-0.15, -0.1) is 0 Å². The lowest BCUT2D eigenvalue weighted by atomic mass is 9.88. The quantitative estimate of drug-likeness (QED) is 0.742. The molecular weight excluding hydrogens is 222 g/mol. The van der Waals surface area contributed by atoms with Crippen molar-refractivity contribution in [2.24, 2.45) is 11.1 Å². The molecule has 0 spiro atoms. The van der Waals surface area contributed by atoms with E-state index in [9.17, 15) is 0 Å². The predicted octanol–water partition coefficient (Wildman–Crippen LogP) is 3.95. The summed E-state index contributed by atoms with van der Waals surface area (Å²) >= 11 is 0. The Morgan fingerprint density at radius 3 is 2.28 bits per heavy atom. The summed E-state index contributed by atoms with van der Waals surface area (Å²) in [6.07, 6.45) is 2.16. The molecule has 0 saturated heterocycles. The average molecular weight is 249 g/mol. The van der Waals surface area contributed by atoms with Gasteiger partial charge in [-0.3, -0.25) is 0 Å². The molecule has 2 N–H and O–H groups in total. The van der Waals surface area contributed by atoms with E-state index in [0.717, 1.165) is 31.7 Å². The van der Waals surface area contributed by atoms with Crippen molar-refractivity contribution >= 4 is 0 Å². The molecule has 0 bridgehead atoms. The molecule has 0 radical (unpaired) electrons. The Bertz CT molecular complexity index is 341. The van der Waals surface area contributed by atoms with Crippen molar-refractivity contribution in [2.75, 3.05) is 13.2 Å². The van der Waals surface area contributed by atoms with Crippen LogP contribution >= 0.6 is 0 Å². The molecule has 102 valence electrons. The van der Waals surface area contributed by atoms with Crippen LogP contribution in [-0.2, 0) is 0 Å². The zero-order valence-corrected chi connectivity index (χ0v) is 12.2. The van der Waals surface area contributed by atoms with E-state index in [1.807, 2.05) is 0 Å². The fourth-order valence-electron chi connectivity index (χ4n) is 1.79. The van der Waals surface area contributed by atoms with Gasteiger partial charge in [0.05, 0.1) is 6.61 Å². The lowest BCUT2D eigenvalue weighted by Gasteiger charge is -2.21. The van der Waals surface area contributed by atoms with Crippen molar-refractivity contribution in [3.63, 3.8) is 0 Å². The van der Waals surface area contributed by atoms with E-state index in [0.29, 0.717) is 5.92 Å². The molecule has 0 fully saturated rings. The smallest absolute Gasteiger partial charge is 0.119 e.